The molecule has 1 heterocycles. The van der Waals surface area contributed by atoms with Crippen LogP contribution in [0.2, 0.25) is 0 Å². The first-order valence-electron chi connectivity index (χ1n) is 10.1. The van der Waals surface area contributed by atoms with Crippen LogP contribution in [0.15, 0.2) is 71.9 Å². The van der Waals surface area contributed by atoms with Crippen LogP contribution in [-0.2, 0) is 16.1 Å². The van der Waals surface area contributed by atoms with Gasteiger partial charge in [0.25, 0.3) is 0 Å². The van der Waals surface area contributed by atoms with Gasteiger partial charge >= 0.3 is 5.97 Å². The maximum absolute atomic E-state index is 12.2. The number of fused-ring (bicyclic) bond motifs is 1. The normalized spacial score (nSPS) is 16.6. The first-order chi connectivity index (χ1) is 14.4. The van der Waals surface area contributed by atoms with Crippen LogP contribution in [-0.4, -0.2) is 21.5 Å². The van der Waals surface area contributed by atoms with Crippen LogP contribution < -0.4 is 0 Å². The molecule has 0 N–H and O–H groups in total. The van der Waals surface area contributed by atoms with E-state index in [-0.39, 0.29) is 5.41 Å². The number of para-hydroxylation sites is 1. The lowest BCUT2D eigenvalue weighted by molar-refractivity contribution is -0.137. The van der Waals surface area contributed by atoms with Gasteiger partial charge in [-0.3, -0.25) is 0 Å². The molecule has 3 aromatic rings. The van der Waals surface area contributed by atoms with Crippen molar-refractivity contribution in [1.29, 1.82) is 0 Å². The van der Waals surface area contributed by atoms with Gasteiger partial charge in [0.2, 0.25) is 0 Å². The van der Waals surface area contributed by atoms with Crippen molar-refractivity contribution >= 4 is 17.8 Å². The largest absolute Gasteiger partial charge is 0.358 e. The van der Waals surface area contributed by atoms with Crippen molar-refractivity contribution in [2.75, 3.05) is 0 Å². The van der Waals surface area contributed by atoms with Gasteiger partial charge in [-0.1, -0.05) is 67.5 Å². The summed E-state index contributed by atoms with van der Waals surface area (Å²) in [5, 5.41) is 9.03. The Bertz CT molecular complexity index is 1110. The monoisotopic (exact) mass is 399 g/mol. The predicted octanol–water partition coefficient (Wildman–Crippen LogP) is 5.11. The lowest BCUT2D eigenvalue weighted by atomic mass is 9.75. The molecule has 0 spiro atoms. The number of aryl methyl sites for hydroxylation is 1. The molecule has 30 heavy (non-hydrogen) atoms. The van der Waals surface area contributed by atoms with E-state index in [0.717, 1.165) is 46.8 Å². The molecule has 1 aliphatic rings. The van der Waals surface area contributed by atoms with Gasteiger partial charge in [0, 0.05) is 11.6 Å². The molecule has 0 saturated carbocycles. The minimum atomic E-state index is -0.496. The molecule has 5 heteroatoms. The van der Waals surface area contributed by atoms with Gasteiger partial charge in [0.05, 0.1) is 22.8 Å². The van der Waals surface area contributed by atoms with Crippen molar-refractivity contribution in [3.8, 4) is 5.69 Å². The fraction of sp³-hybridized carbons (Fsp3) is 0.240. The van der Waals surface area contributed by atoms with E-state index in [4.69, 9.17) is 9.94 Å². The lowest BCUT2D eigenvalue weighted by Crippen LogP contribution is -2.29. The quantitative estimate of drug-likeness (QED) is 0.348. The van der Waals surface area contributed by atoms with Gasteiger partial charge in [-0.2, -0.15) is 5.10 Å². The van der Waals surface area contributed by atoms with Gasteiger partial charge < -0.3 is 4.84 Å². The summed E-state index contributed by atoms with van der Waals surface area (Å²) in [6.45, 7) is 6.36. The van der Waals surface area contributed by atoms with Crippen LogP contribution >= 0.6 is 0 Å². The molecule has 0 atom stereocenters. The molecular formula is C25H25N3O2. The fourth-order valence-corrected chi connectivity index (χ4v) is 3.89. The molecule has 5 nitrogen and oxygen atoms in total. The number of oxime groups is 1. The Morgan fingerprint density at radius 2 is 1.73 bits per heavy atom. The number of aromatic nitrogens is 2. The Morgan fingerprint density at radius 3 is 2.43 bits per heavy atom. The number of hydrogen-bond donors (Lipinski definition) is 0. The summed E-state index contributed by atoms with van der Waals surface area (Å²) < 4.78 is 1.98. The molecule has 0 unspecified atom stereocenters. The van der Waals surface area contributed by atoms with E-state index in [1.807, 2.05) is 72.3 Å². The molecule has 0 saturated heterocycles. The Kier molecular flexibility index (Phi) is 5.36. The standard InChI is InChI=1S/C25H25N3O2/c1-18-24-21(27-30-23(29)15-14-19-10-6-4-7-11-19)16-25(2,3)17-22(24)28(26-18)20-12-8-5-9-13-20/h4-15H,16-17H2,1-3H3/b15-14+,27-21+. The van der Waals surface area contributed by atoms with Crippen molar-refractivity contribution in [3.63, 3.8) is 0 Å². The van der Waals surface area contributed by atoms with Gasteiger partial charge in [-0.15, -0.1) is 0 Å². The van der Waals surface area contributed by atoms with Crippen LogP contribution in [0.4, 0.5) is 0 Å². The molecule has 0 bridgehead atoms. The molecule has 2 aromatic carbocycles. The third kappa shape index (κ3) is 4.25. The van der Waals surface area contributed by atoms with Crippen molar-refractivity contribution in [3.05, 3.63) is 89.3 Å². The van der Waals surface area contributed by atoms with E-state index in [1.165, 1.54) is 6.08 Å². The molecule has 0 fully saturated rings. The second-order valence-corrected chi connectivity index (χ2v) is 8.36. The number of nitrogens with zero attached hydrogens (tertiary/aromatic N) is 3. The second kappa shape index (κ2) is 8.11. The highest BCUT2D eigenvalue weighted by Gasteiger charge is 2.35. The van der Waals surface area contributed by atoms with Crippen LogP contribution in [0.3, 0.4) is 0 Å². The van der Waals surface area contributed by atoms with Gasteiger partial charge in [0.15, 0.2) is 0 Å². The minimum absolute atomic E-state index is 0.0167. The van der Waals surface area contributed by atoms with Crippen molar-refractivity contribution in [1.82, 2.24) is 9.78 Å². The van der Waals surface area contributed by atoms with E-state index < -0.39 is 5.97 Å². The zero-order valence-corrected chi connectivity index (χ0v) is 17.5. The third-order valence-electron chi connectivity index (χ3n) is 5.19. The highest BCUT2D eigenvalue weighted by molar-refractivity contribution is 6.04. The smallest absolute Gasteiger partial charge is 0.313 e. The number of rotatable bonds is 4. The summed E-state index contributed by atoms with van der Waals surface area (Å²) in [6, 6.07) is 19.7. The van der Waals surface area contributed by atoms with E-state index in [2.05, 4.69) is 19.0 Å². The van der Waals surface area contributed by atoms with Gasteiger partial charge in [0.1, 0.15) is 0 Å². The summed E-state index contributed by atoms with van der Waals surface area (Å²) in [6.07, 6.45) is 4.71. The summed E-state index contributed by atoms with van der Waals surface area (Å²) >= 11 is 0. The van der Waals surface area contributed by atoms with E-state index >= 15 is 0 Å². The van der Waals surface area contributed by atoms with Crippen molar-refractivity contribution < 1.29 is 9.63 Å². The molecule has 1 aromatic heterocycles. The molecule has 0 radical (unpaired) electrons. The molecular weight excluding hydrogens is 374 g/mol. The Labute approximate surface area is 176 Å². The summed E-state index contributed by atoms with van der Waals surface area (Å²) in [5.74, 6) is -0.496. The van der Waals surface area contributed by atoms with Crippen molar-refractivity contribution in [2.24, 2.45) is 10.6 Å². The minimum Gasteiger partial charge on any atom is -0.313 e. The van der Waals surface area contributed by atoms with Crippen LogP contribution in [0.5, 0.6) is 0 Å². The zero-order chi connectivity index (χ0) is 21.1. The predicted molar refractivity (Wildman–Crippen MR) is 119 cm³/mol. The van der Waals surface area contributed by atoms with Crippen molar-refractivity contribution in [2.45, 2.75) is 33.6 Å². The second-order valence-electron chi connectivity index (χ2n) is 8.36. The topological polar surface area (TPSA) is 56.5 Å². The summed E-state index contributed by atoms with van der Waals surface area (Å²) in [4.78, 5) is 17.5. The van der Waals surface area contributed by atoms with Crippen LogP contribution in [0, 0.1) is 12.3 Å². The van der Waals surface area contributed by atoms with E-state index in [0.29, 0.717) is 0 Å². The molecule has 0 aliphatic heterocycles. The van der Waals surface area contributed by atoms with E-state index in [9.17, 15) is 4.79 Å². The van der Waals surface area contributed by atoms with Crippen LogP contribution in [0.1, 0.15) is 42.8 Å². The maximum Gasteiger partial charge on any atom is 0.358 e. The maximum atomic E-state index is 12.2. The number of carbonyl (C=O) groups is 1. The summed E-state index contributed by atoms with van der Waals surface area (Å²) in [7, 11) is 0. The first-order valence-corrected chi connectivity index (χ1v) is 10.1. The molecule has 0 amide bonds. The van der Waals surface area contributed by atoms with Gasteiger partial charge in [-0.25, -0.2) is 9.48 Å². The Hall–Kier alpha value is -3.47. The molecule has 152 valence electrons. The average Bonchev–Trinajstić information content (AvgIpc) is 3.07. The Morgan fingerprint density at radius 1 is 1.07 bits per heavy atom. The number of carbonyl (C=O) groups excluding carboxylic acids is 1. The highest BCUT2D eigenvalue weighted by Crippen LogP contribution is 2.37. The van der Waals surface area contributed by atoms with E-state index in [1.54, 1.807) is 6.08 Å². The van der Waals surface area contributed by atoms with Crippen LogP contribution in [0.25, 0.3) is 11.8 Å². The lowest BCUT2D eigenvalue weighted by Gasteiger charge is -2.30. The number of hydrogen-bond acceptors (Lipinski definition) is 4. The summed E-state index contributed by atoms with van der Waals surface area (Å²) in [5.41, 5.74) is 5.67. The van der Waals surface area contributed by atoms with Gasteiger partial charge in [-0.05, 0) is 49.0 Å². The third-order valence-corrected chi connectivity index (χ3v) is 5.19. The fourth-order valence-electron chi connectivity index (χ4n) is 3.89. The zero-order valence-electron chi connectivity index (χ0n) is 17.5. The Balaban J connectivity index is 1.63. The average molecular weight is 399 g/mol. The highest BCUT2D eigenvalue weighted by atomic mass is 16.7. The number of benzene rings is 2. The SMILES string of the molecule is Cc1nn(-c2ccccc2)c2c1/C(=N/OC(=O)/C=C/c1ccccc1)CC(C)(C)C2. The molecule has 1 aliphatic carbocycles. The molecule has 4 rings (SSSR count). The first kappa shape index (κ1) is 19.8.